The van der Waals surface area contributed by atoms with E-state index >= 15 is 0 Å². The summed E-state index contributed by atoms with van der Waals surface area (Å²) in [5.41, 5.74) is 2.95. The molecule has 7 atom stereocenters. The van der Waals surface area contributed by atoms with Crippen LogP contribution in [0.4, 0.5) is 10.5 Å². The van der Waals surface area contributed by atoms with Gasteiger partial charge in [0.1, 0.15) is 11.9 Å². The second-order valence-electron chi connectivity index (χ2n) is 14.5. The Morgan fingerprint density at radius 2 is 1.30 bits per heavy atom. The Morgan fingerprint density at radius 1 is 0.737 bits per heavy atom. The summed E-state index contributed by atoms with van der Waals surface area (Å²) in [5.74, 6) is -2.08. The molecule has 0 bridgehead atoms. The first kappa shape index (κ1) is 39.5. The number of rotatable bonds is 9. The van der Waals surface area contributed by atoms with Crippen LogP contribution in [0, 0.1) is 18.8 Å². The molecule has 0 aromatic heterocycles. The highest BCUT2D eigenvalue weighted by molar-refractivity contribution is 5.88. The van der Waals surface area contributed by atoms with Gasteiger partial charge in [0.2, 0.25) is 0 Å². The second kappa shape index (κ2) is 18.0. The number of fused-ring (bicyclic) bond motifs is 3. The van der Waals surface area contributed by atoms with Crippen molar-refractivity contribution in [2.45, 2.75) is 63.3 Å². The molecule has 57 heavy (non-hydrogen) atoms. The van der Waals surface area contributed by atoms with Crippen molar-refractivity contribution in [3.05, 3.63) is 132 Å². The standard InChI is InChI=1S/C46H47NO10/c1-28-11-10-18-37(52-2)39(28)47-46(51)57-40-38(27-48)54-45(53-3)42-41(40)55-43(49)35(25-29-19-21-31-12-4-6-14-33(31)23-29)16-8-9-17-36(44(50)56-42)26-30-20-22-32-13-5-7-15-34(32)24-30/h4-15,18-24,35-36,38,40-42,45,48H,16-17,25-27H2,1-3H3,(H,47,51)/b9-8+/t35-,36-,38-,40-,41+,42-,45+/m1/s1. The molecule has 2 aliphatic rings. The van der Waals surface area contributed by atoms with Crippen LogP contribution < -0.4 is 10.1 Å². The Labute approximate surface area is 331 Å². The maximum Gasteiger partial charge on any atom is 0.412 e. The fourth-order valence-electron chi connectivity index (χ4n) is 7.65. The number of aliphatic hydroxyl groups excluding tert-OH is 1. The number of para-hydroxylation sites is 1. The number of amides is 1. The molecule has 1 fully saturated rings. The van der Waals surface area contributed by atoms with E-state index in [1.807, 2.05) is 84.9 Å². The number of hydrogen-bond donors (Lipinski definition) is 2. The van der Waals surface area contributed by atoms with Crippen molar-refractivity contribution in [1.29, 1.82) is 0 Å². The molecule has 0 unspecified atom stereocenters. The number of hydrogen-bond acceptors (Lipinski definition) is 10. The number of methoxy groups -OCH3 is 2. The van der Waals surface area contributed by atoms with Crippen LogP contribution in [0.5, 0.6) is 5.75 Å². The molecule has 1 amide bonds. The van der Waals surface area contributed by atoms with Crippen molar-refractivity contribution in [2.75, 3.05) is 26.1 Å². The quantitative estimate of drug-likeness (QED) is 0.0881. The van der Waals surface area contributed by atoms with Gasteiger partial charge < -0.3 is 33.5 Å². The third-order valence-electron chi connectivity index (χ3n) is 10.7. The van der Waals surface area contributed by atoms with E-state index in [4.69, 9.17) is 28.4 Å². The molecule has 2 N–H and O–H groups in total. The van der Waals surface area contributed by atoms with E-state index < -0.39 is 67.2 Å². The second-order valence-corrected chi connectivity index (χ2v) is 14.5. The summed E-state index contributed by atoms with van der Waals surface area (Å²) in [5, 5.41) is 17.5. The largest absolute Gasteiger partial charge is 0.495 e. The zero-order valence-corrected chi connectivity index (χ0v) is 32.2. The summed E-state index contributed by atoms with van der Waals surface area (Å²) in [6.45, 7) is 1.16. The summed E-state index contributed by atoms with van der Waals surface area (Å²) in [6, 6.07) is 33.4. The minimum atomic E-state index is -1.43. The lowest BCUT2D eigenvalue weighted by atomic mass is 9.91. The van der Waals surface area contributed by atoms with Crippen molar-refractivity contribution in [3.8, 4) is 5.75 Å². The molecule has 0 saturated carbocycles. The maximum atomic E-state index is 14.4. The van der Waals surface area contributed by atoms with Gasteiger partial charge >= 0.3 is 18.0 Å². The van der Waals surface area contributed by atoms with Crippen LogP contribution in [0.25, 0.3) is 21.5 Å². The third-order valence-corrected chi connectivity index (χ3v) is 10.7. The first-order valence-electron chi connectivity index (χ1n) is 19.2. The number of aryl methyl sites for hydroxylation is 1. The molecule has 296 valence electrons. The van der Waals surface area contributed by atoms with E-state index in [1.165, 1.54) is 14.2 Å². The van der Waals surface area contributed by atoms with Crippen LogP contribution >= 0.6 is 0 Å². The van der Waals surface area contributed by atoms with Gasteiger partial charge in [0, 0.05) is 7.11 Å². The van der Waals surface area contributed by atoms with Gasteiger partial charge in [-0.05, 0) is 76.9 Å². The topological polar surface area (TPSA) is 139 Å². The van der Waals surface area contributed by atoms with E-state index in [1.54, 1.807) is 25.1 Å². The highest BCUT2D eigenvalue weighted by Crippen LogP contribution is 2.34. The van der Waals surface area contributed by atoms with Crippen molar-refractivity contribution in [2.24, 2.45) is 11.8 Å². The van der Waals surface area contributed by atoms with Crippen molar-refractivity contribution >= 4 is 45.3 Å². The number of nitrogens with one attached hydrogen (secondary N) is 1. The van der Waals surface area contributed by atoms with E-state index in [9.17, 15) is 19.5 Å². The molecular weight excluding hydrogens is 727 g/mol. The number of benzene rings is 5. The molecular formula is C46H47NO10. The molecule has 2 heterocycles. The normalized spacial score (nSPS) is 24.6. The fourth-order valence-corrected chi connectivity index (χ4v) is 7.65. The molecule has 7 rings (SSSR count). The Bertz CT molecular complexity index is 2250. The van der Waals surface area contributed by atoms with Gasteiger partial charge in [0.15, 0.2) is 24.6 Å². The predicted molar refractivity (Wildman–Crippen MR) is 215 cm³/mol. The van der Waals surface area contributed by atoms with Gasteiger partial charge in [0.25, 0.3) is 0 Å². The lowest BCUT2D eigenvalue weighted by Gasteiger charge is -2.44. The summed E-state index contributed by atoms with van der Waals surface area (Å²) in [7, 11) is 2.84. The number of carbonyl (C=O) groups excluding carboxylic acids is 3. The number of allylic oxidation sites excluding steroid dienone is 2. The molecule has 0 aliphatic carbocycles. The van der Waals surface area contributed by atoms with Crippen molar-refractivity contribution in [3.63, 3.8) is 0 Å². The highest BCUT2D eigenvalue weighted by Gasteiger charge is 2.53. The molecule has 11 nitrogen and oxygen atoms in total. The average Bonchev–Trinajstić information content (AvgIpc) is 3.22. The number of ether oxygens (including phenoxy) is 6. The van der Waals surface area contributed by atoms with Crippen LogP contribution in [-0.2, 0) is 46.1 Å². The predicted octanol–water partition coefficient (Wildman–Crippen LogP) is 7.48. The SMILES string of the molecule is COc1cccc(C)c1NC(=O)O[C@H]1[C@@H]2OC(=O)[C@@H](Cc3ccc4ccccc4c3)C/C=C/C[C@H](Cc3ccc4ccccc4c3)C(=O)O[C@H]2[C@@H](OC)O[C@@H]1CO. The van der Waals surface area contributed by atoms with Crippen LogP contribution in [0.1, 0.15) is 29.5 Å². The van der Waals surface area contributed by atoms with Gasteiger partial charge in [-0.25, -0.2) is 4.79 Å². The summed E-state index contributed by atoms with van der Waals surface area (Å²) in [6.07, 6.45) is -2.46. The molecule has 0 radical (unpaired) electrons. The summed E-state index contributed by atoms with van der Waals surface area (Å²) >= 11 is 0. The smallest absolute Gasteiger partial charge is 0.412 e. The van der Waals surface area contributed by atoms with E-state index in [2.05, 4.69) is 17.4 Å². The van der Waals surface area contributed by atoms with E-state index in [-0.39, 0.29) is 0 Å². The van der Waals surface area contributed by atoms with E-state index in [0.29, 0.717) is 42.7 Å². The van der Waals surface area contributed by atoms with Crippen LogP contribution in [0.2, 0.25) is 0 Å². The van der Waals surface area contributed by atoms with Crippen LogP contribution in [-0.4, -0.2) is 74.7 Å². The Hall–Kier alpha value is -5.75. The molecule has 0 spiro atoms. The zero-order valence-electron chi connectivity index (χ0n) is 32.2. The van der Waals surface area contributed by atoms with Gasteiger partial charge in [-0.15, -0.1) is 0 Å². The zero-order chi connectivity index (χ0) is 39.9. The Kier molecular flexibility index (Phi) is 12.5. The molecule has 5 aromatic rings. The number of carbonyl (C=O) groups is 3. The Morgan fingerprint density at radius 3 is 1.84 bits per heavy atom. The maximum absolute atomic E-state index is 14.4. The van der Waals surface area contributed by atoms with Crippen molar-refractivity contribution < 1.29 is 47.9 Å². The van der Waals surface area contributed by atoms with Crippen LogP contribution in [0.15, 0.2) is 115 Å². The Balaban J connectivity index is 1.24. The lowest BCUT2D eigenvalue weighted by Crippen LogP contribution is -2.63. The van der Waals surface area contributed by atoms with Gasteiger partial charge in [-0.1, -0.05) is 109 Å². The molecule has 5 aromatic carbocycles. The fraction of sp³-hybridized carbons (Fsp3) is 0.326. The monoisotopic (exact) mass is 773 g/mol. The van der Waals surface area contributed by atoms with Gasteiger partial charge in [-0.3, -0.25) is 14.9 Å². The minimum Gasteiger partial charge on any atom is -0.495 e. The van der Waals surface area contributed by atoms with Gasteiger partial charge in [0.05, 0.1) is 31.2 Å². The van der Waals surface area contributed by atoms with Crippen molar-refractivity contribution in [1.82, 2.24) is 0 Å². The van der Waals surface area contributed by atoms with Crippen LogP contribution in [0.3, 0.4) is 0 Å². The minimum absolute atomic E-state index is 0.313. The van der Waals surface area contributed by atoms with E-state index in [0.717, 1.165) is 32.7 Å². The molecule has 2 aliphatic heterocycles. The molecule has 1 saturated heterocycles. The number of esters is 2. The first-order chi connectivity index (χ1) is 27.7. The highest BCUT2D eigenvalue weighted by atomic mass is 16.7. The number of anilines is 1. The molecule has 11 heteroatoms. The average molecular weight is 774 g/mol. The summed E-state index contributed by atoms with van der Waals surface area (Å²) in [4.78, 5) is 42.3. The first-order valence-corrected chi connectivity index (χ1v) is 19.2. The lowest BCUT2D eigenvalue weighted by molar-refractivity contribution is -0.300. The number of aliphatic hydroxyl groups is 1. The third kappa shape index (κ3) is 9.12. The van der Waals surface area contributed by atoms with Gasteiger partial charge in [-0.2, -0.15) is 0 Å². The summed E-state index contributed by atoms with van der Waals surface area (Å²) < 4.78 is 35.7.